The third-order valence-electron chi connectivity index (χ3n) is 5.19. The van der Waals surface area contributed by atoms with E-state index < -0.39 is 35.3 Å². The molecule has 4 atom stereocenters. The van der Waals surface area contributed by atoms with Crippen molar-refractivity contribution in [1.29, 1.82) is 0 Å². The average molecular weight is 365 g/mol. The van der Waals surface area contributed by atoms with E-state index >= 15 is 0 Å². The van der Waals surface area contributed by atoms with Crippen LogP contribution in [0.2, 0.25) is 5.02 Å². The first-order valence-electron chi connectivity index (χ1n) is 8.27. The van der Waals surface area contributed by atoms with Crippen molar-refractivity contribution in [2.45, 2.75) is 31.8 Å². The normalized spacial score (nSPS) is 31.7. The number of likely N-dealkylation sites (tertiary alicyclic amines) is 1. The number of aliphatic carboxylic acids is 1. The van der Waals surface area contributed by atoms with Gasteiger partial charge >= 0.3 is 5.97 Å². The minimum absolute atomic E-state index is 0.0381. The minimum atomic E-state index is -1.47. The van der Waals surface area contributed by atoms with E-state index in [1.54, 1.807) is 24.3 Å². The zero-order valence-corrected chi connectivity index (χ0v) is 15.1. The molecule has 0 spiro atoms. The predicted molar refractivity (Wildman–Crippen MR) is 91.9 cm³/mol. The molecule has 0 saturated carbocycles. The molecule has 1 aromatic rings. The van der Waals surface area contributed by atoms with Crippen molar-refractivity contribution in [3.8, 4) is 0 Å². The fourth-order valence-electron chi connectivity index (χ4n) is 4.25. The number of amides is 2. The number of hydrogen-bond acceptors (Lipinski definition) is 4. The minimum Gasteiger partial charge on any atom is -0.480 e. The number of nitrogens with zero attached hydrogens (tertiary/aromatic N) is 1. The van der Waals surface area contributed by atoms with Gasteiger partial charge in [-0.3, -0.25) is 24.6 Å². The Morgan fingerprint density at radius 1 is 1.36 bits per heavy atom. The Morgan fingerprint density at radius 2 is 2.04 bits per heavy atom. The van der Waals surface area contributed by atoms with Gasteiger partial charge < -0.3 is 5.11 Å². The van der Waals surface area contributed by atoms with Crippen LogP contribution >= 0.6 is 11.6 Å². The van der Waals surface area contributed by atoms with Gasteiger partial charge in [-0.25, -0.2) is 0 Å². The van der Waals surface area contributed by atoms with Crippen LogP contribution in [-0.4, -0.2) is 40.4 Å². The Bertz CT molecular complexity index is 750. The number of carbonyl (C=O) groups excluding carboxylic acids is 2. The molecular formula is C18H21ClN2O4. The molecule has 3 rings (SSSR count). The fourth-order valence-corrected chi connectivity index (χ4v) is 4.45. The molecule has 2 aliphatic heterocycles. The van der Waals surface area contributed by atoms with Gasteiger partial charge in [0.15, 0.2) is 0 Å². The summed E-state index contributed by atoms with van der Waals surface area (Å²) in [6, 6.07) is 6.40. The molecule has 2 aliphatic rings. The number of carbonyl (C=O) groups is 3. The molecule has 0 aliphatic carbocycles. The second kappa shape index (κ2) is 6.11. The number of carboxylic acid groups (broad SMARTS) is 1. The van der Waals surface area contributed by atoms with Crippen LogP contribution in [0.3, 0.4) is 0 Å². The molecule has 7 heteroatoms. The lowest BCUT2D eigenvalue weighted by molar-refractivity contribution is -0.151. The summed E-state index contributed by atoms with van der Waals surface area (Å²) in [4.78, 5) is 38.7. The maximum atomic E-state index is 12.7. The van der Waals surface area contributed by atoms with Crippen molar-refractivity contribution >= 4 is 29.4 Å². The van der Waals surface area contributed by atoms with Gasteiger partial charge in [0.2, 0.25) is 11.8 Å². The molecular weight excluding hydrogens is 344 g/mol. The largest absolute Gasteiger partial charge is 0.480 e. The molecule has 2 heterocycles. The van der Waals surface area contributed by atoms with Crippen LogP contribution in [0.5, 0.6) is 0 Å². The van der Waals surface area contributed by atoms with E-state index in [2.05, 4.69) is 5.32 Å². The summed E-state index contributed by atoms with van der Waals surface area (Å²) in [6.07, 6.45) is 0.257. The molecule has 6 nitrogen and oxygen atoms in total. The zero-order chi connectivity index (χ0) is 18.5. The highest BCUT2D eigenvalue weighted by Crippen LogP contribution is 2.50. The van der Waals surface area contributed by atoms with E-state index in [0.29, 0.717) is 10.6 Å². The van der Waals surface area contributed by atoms with Crippen LogP contribution < -0.4 is 5.32 Å². The summed E-state index contributed by atoms with van der Waals surface area (Å²) in [5.41, 5.74) is -0.755. The van der Waals surface area contributed by atoms with Crippen LogP contribution in [0.4, 0.5) is 0 Å². The Morgan fingerprint density at radius 3 is 2.60 bits per heavy atom. The summed E-state index contributed by atoms with van der Waals surface area (Å²) in [6.45, 7) is 3.80. The van der Waals surface area contributed by atoms with Crippen molar-refractivity contribution in [2.75, 3.05) is 7.05 Å². The SMILES string of the molecule is CC(C)CC1(C(=O)O)NC(c2cccc(Cl)c2)C2C(=O)N(C)C(=O)C21. The van der Waals surface area contributed by atoms with E-state index in [9.17, 15) is 19.5 Å². The number of rotatable bonds is 4. The van der Waals surface area contributed by atoms with Gasteiger partial charge in [0.05, 0.1) is 11.8 Å². The summed E-state index contributed by atoms with van der Waals surface area (Å²) in [7, 11) is 1.42. The molecule has 1 aromatic carbocycles. The number of hydrogen-bond donors (Lipinski definition) is 2. The second-order valence-corrected chi connectivity index (χ2v) is 7.73. The molecule has 0 bridgehead atoms. The van der Waals surface area contributed by atoms with Crippen molar-refractivity contribution in [3.63, 3.8) is 0 Å². The lowest BCUT2D eigenvalue weighted by atomic mass is 9.75. The molecule has 25 heavy (non-hydrogen) atoms. The van der Waals surface area contributed by atoms with Crippen molar-refractivity contribution in [3.05, 3.63) is 34.9 Å². The summed E-state index contributed by atoms with van der Waals surface area (Å²) in [5.74, 6) is -3.51. The molecule has 2 fully saturated rings. The number of carboxylic acids is 1. The molecule has 2 amide bonds. The highest BCUT2D eigenvalue weighted by atomic mass is 35.5. The first-order chi connectivity index (χ1) is 11.7. The summed E-state index contributed by atoms with van der Waals surface area (Å²) < 4.78 is 0. The second-order valence-electron chi connectivity index (χ2n) is 7.29. The van der Waals surface area contributed by atoms with Gasteiger partial charge in [-0.2, -0.15) is 0 Å². The van der Waals surface area contributed by atoms with E-state index in [-0.39, 0.29) is 18.2 Å². The average Bonchev–Trinajstić information content (AvgIpc) is 2.98. The molecule has 2 N–H and O–H groups in total. The quantitative estimate of drug-likeness (QED) is 0.799. The summed E-state index contributed by atoms with van der Waals surface area (Å²) in [5, 5.41) is 13.6. The lowest BCUT2D eigenvalue weighted by Gasteiger charge is -2.32. The zero-order valence-electron chi connectivity index (χ0n) is 14.3. The Labute approximate surface area is 151 Å². The van der Waals surface area contributed by atoms with Gasteiger partial charge in [-0.1, -0.05) is 37.6 Å². The Balaban J connectivity index is 2.15. The Kier molecular flexibility index (Phi) is 4.37. The number of imide groups is 1. The maximum absolute atomic E-state index is 12.7. The number of fused-ring (bicyclic) bond motifs is 1. The van der Waals surface area contributed by atoms with E-state index in [1.165, 1.54) is 7.05 Å². The summed E-state index contributed by atoms with van der Waals surface area (Å²) >= 11 is 6.07. The smallest absolute Gasteiger partial charge is 0.324 e. The third kappa shape index (κ3) is 2.64. The van der Waals surface area contributed by atoms with Crippen molar-refractivity contribution in [1.82, 2.24) is 10.2 Å². The van der Waals surface area contributed by atoms with Gasteiger partial charge in [0, 0.05) is 18.1 Å². The van der Waals surface area contributed by atoms with E-state index in [4.69, 9.17) is 11.6 Å². The Hall–Kier alpha value is -1.92. The van der Waals surface area contributed by atoms with Gasteiger partial charge in [-0.15, -0.1) is 0 Å². The number of halogens is 1. The maximum Gasteiger partial charge on any atom is 0.324 e. The third-order valence-corrected chi connectivity index (χ3v) is 5.43. The van der Waals surface area contributed by atoms with Crippen molar-refractivity contribution < 1.29 is 19.5 Å². The highest BCUT2D eigenvalue weighted by molar-refractivity contribution is 6.30. The number of benzene rings is 1. The van der Waals surface area contributed by atoms with Crippen LogP contribution in [-0.2, 0) is 14.4 Å². The standard InChI is InChI=1S/C18H21ClN2O4/c1-9(2)8-18(17(24)25)13-12(15(22)21(3)16(13)23)14(20-18)10-5-4-6-11(19)7-10/h4-7,9,12-14,20H,8H2,1-3H3,(H,24,25). The predicted octanol–water partition coefficient (Wildman–Crippen LogP) is 2.08. The molecule has 4 unspecified atom stereocenters. The van der Waals surface area contributed by atoms with E-state index in [1.807, 2.05) is 13.8 Å². The van der Waals surface area contributed by atoms with Crippen LogP contribution in [0.15, 0.2) is 24.3 Å². The van der Waals surface area contributed by atoms with Crippen molar-refractivity contribution in [2.24, 2.45) is 17.8 Å². The van der Waals surface area contributed by atoms with Crippen LogP contribution in [0, 0.1) is 17.8 Å². The highest BCUT2D eigenvalue weighted by Gasteiger charge is 2.67. The van der Waals surface area contributed by atoms with Crippen LogP contribution in [0.25, 0.3) is 0 Å². The van der Waals surface area contributed by atoms with Gasteiger partial charge in [0.1, 0.15) is 5.54 Å². The fraction of sp³-hybridized carbons (Fsp3) is 0.500. The van der Waals surface area contributed by atoms with E-state index in [0.717, 1.165) is 4.90 Å². The molecule has 134 valence electrons. The molecule has 0 radical (unpaired) electrons. The molecule has 2 saturated heterocycles. The molecule has 0 aromatic heterocycles. The monoisotopic (exact) mass is 364 g/mol. The van der Waals surface area contributed by atoms with Crippen LogP contribution in [0.1, 0.15) is 31.9 Å². The van der Waals surface area contributed by atoms with Gasteiger partial charge in [-0.05, 0) is 30.0 Å². The lowest BCUT2D eigenvalue weighted by Crippen LogP contribution is -2.56. The topological polar surface area (TPSA) is 86.7 Å². The first kappa shape index (κ1) is 17.9. The number of nitrogens with one attached hydrogen (secondary N) is 1. The first-order valence-corrected chi connectivity index (χ1v) is 8.65. The van der Waals surface area contributed by atoms with Gasteiger partial charge in [0.25, 0.3) is 0 Å².